The van der Waals surface area contributed by atoms with E-state index in [1.54, 1.807) is 0 Å². The van der Waals surface area contributed by atoms with Gasteiger partial charge in [-0.25, -0.2) is 0 Å². The van der Waals surface area contributed by atoms with Gasteiger partial charge in [0.2, 0.25) is 0 Å². The molecule has 5 nitrogen and oxygen atoms in total. The maximum absolute atomic E-state index is 9.17. The summed E-state index contributed by atoms with van der Waals surface area (Å²) in [6.45, 7) is 2.76. The summed E-state index contributed by atoms with van der Waals surface area (Å²) in [7, 11) is 0. The lowest BCUT2D eigenvalue weighted by molar-refractivity contribution is 0.294. The maximum Gasteiger partial charge on any atom is 0.0991 e. The number of H-pyrrole nitrogens is 2. The molecule has 2 aromatic carbocycles. The standard InChI is InChI=1S/C24H21N5/c25-13-17-4-3-5-19(12-17)24-20(14-27-28-24)16-29-10-8-18(9-11-29)22-15-26-23-7-2-1-6-21(22)23/h1-8,12,14-15,26H,9-11,16H2,(H,27,28). The van der Waals surface area contributed by atoms with Gasteiger partial charge in [-0.05, 0) is 30.2 Å². The molecule has 0 saturated heterocycles. The highest BCUT2D eigenvalue weighted by molar-refractivity contribution is 5.92. The minimum atomic E-state index is 0.660. The summed E-state index contributed by atoms with van der Waals surface area (Å²) >= 11 is 0. The van der Waals surface area contributed by atoms with Crippen LogP contribution in [-0.4, -0.2) is 33.2 Å². The summed E-state index contributed by atoms with van der Waals surface area (Å²) in [5.74, 6) is 0. The van der Waals surface area contributed by atoms with Crippen molar-refractivity contribution in [2.45, 2.75) is 13.0 Å². The van der Waals surface area contributed by atoms with Crippen LogP contribution >= 0.6 is 0 Å². The smallest absolute Gasteiger partial charge is 0.0991 e. The molecule has 3 heterocycles. The fourth-order valence-corrected chi connectivity index (χ4v) is 4.10. The molecule has 1 aliphatic rings. The molecule has 1 aliphatic heterocycles. The van der Waals surface area contributed by atoms with E-state index in [0.717, 1.165) is 42.9 Å². The summed E-state index contributed by atoms with van der Waals surface area (Å²) in [6, 6.07) is 18.3. The van der Waals surface area contributed by atoms with E-state index in [2.05, 4.69) is 62.7 Å². The van der Waals surface area contributed by atoms with Crippen molar-refractivity contribution >= 4 is 16.5 Å². The summed E-state index contributed by atoms with van der Waals surface area (Å²) in [4.78, 5) is 5.81. The van der Waals surface area contributed by atoms with Crippen LogP contribution in [0.15, 0.2) is 67.0 Å². The first-order valence-electron chi connectivity index (χ1n) is 9.82. The third-order valence-electron chi connectivity index (χ3n) is 5.62. The van der Waals surface area contributed by atoms with E-state index >= 15 is 0 Å². The van der Waals surface area contributed by atoms with Gasteiger partial charge < -0.3 is 4.98 Å². The lowest BCUT2D eigenvalue weighted by Gasteiger charge is -2.26. The second-order valence-corrected chi connectivity index (χ2v) is 7.43. The highest BCUT2D eigenvalue weighted by Gasteiger charge is 2.18. The van der Waals surface area contributed by atoms with Gasteiger partial charge >= 0.3 is 0 Å². The lowest BCUT2D eigenvalue weighted by Crippen LogP contribution is -2.28. The SMILES string of the molecule is N#Cc1cccc(-c2[nH]ncc2CN2CC=C(c3c[nH]c4ccccc34)CC2)c1. The number of benzene rings is 2. The molecule has 2 aromatic heterocycles. The normalized spacial score (nSPS) is 14.7. The van der Waals surface area contributed by atoms with Gasteiger partial charge in [0.1, 0.15) is 0 Å². The second kappa shape index (κ2) is 7.42. The van der Waals surface area contributed by atoms with Gasteiger partial charge in [-0.1, -0.05) is 36.4 Å². The highest BCUT2D eigenvalue weighted by Crippen LogP contribution is 2.30. The third-order valence-corrected chi connectivity index (χ3v) is 5.62. The Morgan fingerprint density at radius 1 is 1.14 bits per heavy atom. The van der Waals surface area contributed by atoms with Crippen LogP contribution in [0, 0.1) is 11.3 Å². The van der Waals surface area contributed by atoms with Crippen LogP contribution in [0.4, 0.5) is 0 Å². The topological polar surface area (TPSA) is 71.5 Å². The molecule has 2 N–H and O–H groups in total. The molecule has 0 amide bonds. The Morgan fingerprint density at radius 3 is 2.93 bits per heavy atom. The average Bonchev–Trinajstić information content (AvgIpc) is 3.41. The van der Waals surface area contributed by atoms with E-state index < -0.39 is 0 Å². The van der Waals surface area contributed by atoms with Crippen LogP contribution in [0.2, 0.25) is 0 Å². The van der Waals surface area contributed by atoms with Crippen molar-refractivity contribution in [2.24, 2.45) is 0 Å². The Hall–Kier alpha value is -3.62. The molecule has 0 atom stereocenters. The summed E-state index contributed by atoms with van der Waals surface area (Å²) in [5, 5.41) is 17.8. The zero-order valence-electron chi connectivity index (χ0n) is 16.0. The van der Waals surface area contributed by atoms with Crippen LogP contribution in [0.3, 0.4) is 0 Å². The Kier molecular flexibility index (Phi) is 4.47. The van der Waals surface area contributed by atoms with Gasteiger partial charge in [0.25, 0.3) is 0 Å². The van der Waals surface area contributed by atoms with Crippen molar-refractivity contribution < 1.29 is 0 Å². The molecule has 0 unspecified atom stereocenters. The number of nitriles is 1. The monoisotopic (exact) mass is 379 g/mol. The number of hydrogen-bond donors (Lipinski definition) is 2. The van der Waals surface area contributed by atoms with E-state index in [1.165, 1.54) is 22.0 Å². The number of nitrogens with zero attached hydrogens (tertiary/aromatic N) is 3. The van der Waals surface area contributed by atoms with E-state index in [1.807, 2.05) is 30.5 Å². The molecule has 29 heavy (non-hydrogen) atoms. The van der Waals surface area contributed by atoms with Crippen molar-refractivity contribution in [3.63, 3.8) is 0 Å². The zero-order valence-corrected chi connectivity index (χ0v) is 16.0. The van der Waals surface area contributed by atoms with Gasteiger partial charge in [0, 0.05) is 53.4 Å². The van der Waals surface area contributed by atoms with Gasteiger partial charge in [0.05, 0.1) is 23.5 Å². The quantitative estimate of drug-likeness (QED) is 0.539. The molecule has 0 saturated carbocycles. The minimum Gasteiger partial charge on any atom is -0.361 e. The van der Waals surface area contributed by atoms with Crippen molar-refractivity contribution in [3.05, 3.63) is 83.7 Å². The fourth-order valence-electron chi connectivity index (χ4n) is 4.10. The van der Waals surface area contributed by atoms with Crippen molar-refractivity contribution in [2.75, 3.05) is 13.1 Å². The van der Waals surface area contributed by atoms with E-state index in [0.29, 0.717) is 5.56 Å². The van der Waals surface area contributed by atoms with Crippen molar-refractivity contribution in [1.82, 2.24) is 20.1 Å². The molecular formula is C24H21N5. The van der Waals surface area contributed by atoms with Gasteiger partial charge in [-0.15, -0.1) is 0 Å². The van der Waals surface area contributed by atoms with Crippen LogP contribution in [0.25, 0.3) is 27.7 Å². The molecule has 0 spiro atoms. The van der Waals surface area contributed by atoms with Gasteiger partial charge in [-0.3, -0.25) is 10.00 Å². The Morgan fingerprint density at radius 2 is 2.07 bits per heavy atom. The van der Waals surface area contributed by atoms with E-state index in [4.69, 9.17) is 5.26 Å². The molecule has 4 aromatic rings. The molecular weight excluding hydrogens is 358 g/mol. The van der Waals surface area contributed by atoms with Gasteiger partial charge in [0.15, 0.2) is 0 Å². The molecule has 5 rings (SSSR count). The predicted octanol–water partition coefficient (Wildman–Crippen LogP) is 4.72. The maximum atomic E-state index is 9.17. The number of rotatable bonds is 4. The highest BCUT2D eigenvalue weighted by atomic mass is 15.1. The molecule has 0 fully saturated rings. The number of nitrogens with one attached hydrogen (secondary N) is 2. The van der Waals surface area contributed by atoms with Crippen LogP contribution in [0.1, 0.15) is 23.1 Å². The minimum absolute atomic E-state index is 0.660. The molecule has 5 heteroatoms. The number of aromatic nitrogens is 3. The van der Waals surface area contributed by atoms with Crippen molar-refractivity contribution in [1.29, 1.82) is 5.26 Å². The van der Waals surface area contributed by atoms with Crippen molar-refractivity contribution in [3.8, 4) is 17.3 Å². The molecule has 0 aliphatic carbocycles. The Labute approximate surface area is 169 Å². The Balaban J connectivity index is 1.34. The zero-order chi connectivity index (χ0) is 19.6. The van der Waals surface area contributed by atoms with E-state index in [-0.39, 0.29) is 0 Å². The number of hydrogen-bond acceptors (Lipinski definition) is 3. The first-order chi connectivity index (χ1) is 14.3. The number of aromatic amines is 2. The first-order valence-corrected chi connectivity index (χ1v) is 9.82. The molecule has 142 valence electrons. The lowest BCUT2D eigenvalue weighted by atomic mass is 9.98. The predicted molar refractivity (Wildman–Crippen MR) is 115 cm³/mol. The number of fused-ring (bicyclic) bond motifs is 1. The van der Waals surface area contributed by atoms with Crippen LogP contribution < -0.4 is 0 Å². The third kappa shape index (κ3) is 3.35. The largest absolute Gasteiger partial charge is 0.361 e. The first kappa shape index (κ1) is 17.5. The second-order valence-electron chi connectivity index (χ2n) is 7.43. The summed E-state index contributed by atoms with van der Waals surface area (Å²) < 4.78 is 0. The Bertz CT molecular complexity index is 1240. The number of para-hydroxylation sites is 1. The molecule has 0 radical (unpaired) electrons. The summed E-state index contributed by atoms with van der Waals surface area (Å²) in [5.41, 5.74) is 7.73. The fraction of sp³-hybridized carbons (Fsp3) is 0.167. The average molecular weight is 379 g/mol. The van der Waals surface area contributed by atoms with Crippen LogP contribution in [-0.2, 0) is 6.54 Å². The van der Waals surface area contributed by atoms with Gasteiger partial charge in [-0.2, -0.15) is 10.4 Å². The summed E-state index contributed by atoms with van der Waals surface area (Å²) in [6.07, 6.45) is 7.39. The van der Waals surface area contributed by atoms with Crippen LogP contribution in [0.5, 0.6) is 0 Å². The molecule has 0 bridgehead atoms. The van der Waals surface area contributed by atoms with E-state index in [9.17, 15) is 0 Å².